The third-order valence-corrected chi connectivity index (χ3v) is 2.46. The van der Waals surface area contributed by atoms with E-state index in [9.17, 15) is 0 Å². The fourth-order valence-corrected chi connectivity index (χ4v) is 1.73. The molecule has 1 aliphatic carbocycles. The highest BCUT2D eigenvalue weighted by Crippen LogP contribution is 2.16. The van der Waals surface area contributed by atoms with Crippen molar-refractivity contribution in [1.29, 1.82) is 5.26 Å². The maximum atomic E-state index is 8.34. The Morgan fingerprint density at radius 3 is 2.57 bits per heavy atom. The van der Waals surface area contributed by atoms with Crippen molar-refractivity contribution in [3.63, 3.8) is 0 Å². The van der Waals surface area contributed by atoms with Crippen molar-refractivity contribution in [3.8, 4) is 6.07 Å². The summed E-state index contributed by atoms with van der Waals surface area (Å²) in [5.41, 5.74) is 5.92. The van der Waals surface area contributed by atoms with Crippen LogP contribution in [0.3, 0.4) is 0 Å². The predicted molar refractivity (Wildman–Crippen MR) is 59.8 cm³/mol. The third kappa shape index (κ3) is 5.21. The summed E-state index contributed by atoms with van der Waals surface area (Å²) in [4.78, 5) is 0. The highest BCUT2D eigenvalue weighted by atomic mass is 14.9. The Morgan fingerprint density at radius 1 is 1.36 bits per heavy atom. The Hall–Kier alpha value is -0.590. The Balaban J connectivity index is 0.000000791. The lowest BCUT2D eigenvalue weighted by molar-refractivity contribution is 0.330. The second-order valence-corrected chi connectivity index (χ2v) is 3.42. The molecule has 0 spiro atoms. The van der Waals surface area contributed by atoms with E-state index in [1.165, 1.54) is 19.3 Å². The monoisotopic (exact) mass is 197 g/mol. The second kappa shape index (κ2) is 8.98. The molecule has 0 aromatic rings. The minimum Gasteiger partial charge on any atom is -0.326 e. The van der Waals surface area contributed by atoms with Gasteiger partial charge in [0.2, 0.25) is 0 Å². The van der Waals surface area contributed by atoms with Gasteiger partial charge in [-0.15, -0.1) is 0 Å². The van der Waals surface area contributed by atoms with Crippen LogP contribution < -0.4 is 11.1 Å². The van der Waals surface area contributed by atoms with Crippen LogP contribution in [-0.4, -0.2) is 18.6 Å². The molecule has 0 bridgehead atoms. The average Bonchev–Trinajstić information content (AvgIpc) is 2.24. The summed E-state index contributed by atoms with van der Waals surface area (Å²) in [7, 11) is 0. The SMILES string of the molecule is CC.N#CCCNC1CCCCC1N. The van der Waals surface area contributed by atoms with Gasteiger partial charge < -0.3 is 11.1 Å². The molecule has 0 aliphatic heterocycles. The van der Waals surface area contributed by atoms with Crippen LogP contribution in [0, 0.1) is 11.3 Å². The summed E-state index contributed by atoms with van der Waals surface area (Å²) >= 11 is 0. The predicted octanol–water partition coefficient (Wildman–Crippen LogP) is 1.79. The molecule has 0 radical (unpaired) electrons. The fraction of sp³-hybridized carbons (Fsp3) is 0.909. The van der Waals surface area contributed by atoms with Crippen molar-refractivity contribution < 1.29 is 0 Å². The topological polar surface area (TPSA) is 61.8 Å². The third-order valence-electron chi connectivity index (χ3n) is 2.46. The summed E-state index contributed by atoms with van der Waals surface area (Å²) in [5.74, 6) is 0. The van der Waals surface area contributed by atoms with E-state index in [1.807, 2.05) is 13.8 Å². The summed E-state index contributed by atoms with van der Waals surface area (Å²) < 4.78 is 0. The number of hydrogen-bond acceptors (Lipinski definition) is 3. The van der Waals surface area contributed by atoms with Crippen molar-refractivity contribution in [1.82, 2.24) is 5.32 Å². The fourth-order valence-electron chi connectivity index (χ4n) is 1.73. The molecule has 1 aliphatic rings. The van der Waals surface area contributed by atoms with Crippen molar-refractivity contribution in [2.24, 2.45) is 5.73 Å². The molecular formula is C11H23N3. The Morgan fingerprint density at radius 2 is 2.00 bits per heavy atom. The van der Waals surface area contributed by atoms with Gasteiger partial charge in [0, 0.05) is 25.0 Å². The molecule has 1 rings (SSSR count). The smallest absolute Gasteiger partial charge is 0.0635 e. The maximum absolute atomic E-state index is 8.34. The maximum Gasteiger partial charge on any atom is 0.0635 e. The molecule has 0 saturated heterocycles. The number of hydrogen-bond donors (Lipinski definition) is 2. The van der Waals surface area contributed by atoms with Gasteiger partial charge in [-0.3, -0.25) is 0 Å². The molecule has 0 aromatic heterocycles. The molecule has 0 aromatic carbocycles. The first-order valence-corrected chi connectivity index (χ1v) is 5.70. The van der Waals surface area contributed by atoms with Crippen LogP contribution >= 0.6 is 0 Å². The van der Waals surface area contributed by atoms with Gasteiger partial charge in [-0.1, -0.05) is 26.7 Å². The summed E-state index contributed by atoms with van der Waals surface area (Å²) in [6, 6.07) is 2.87. The van der Waals surface area contributed by atoms with Crippen LogP contribution in [-0.2, 0) is 0 Å². The zero-order valence-corrected chi connectivity index (χ0v) is 9.42. The van der Waals surface area contributed by atoms with Gasteiger partial charge in [-0.2, -0.15) is 5.26 Å². The molecule has 3 heteroatoms. The molecular weight excluding hydrogens is 174 g/mol. The minimum absolute atomic E-state index is 0.303. The second-order valence-electron chi connectivity index (χ2n) is 3.42. The van der Waals surface area contributed by atoms with E-state index in [1.54, 1.807) is 0 Å². The van der Waals surface area contributed by atoms with E-state index in [2.05, 4.69) is 11.4 Å². The molecule has 1 saturated carbocycles. The van der Waals surface area contributed by atoms with Gasteiger partial charge in [0.1, 0.15) is 0 Å². The van der Waals surface area contributed by atoms with E-state index in [0.717, 1.165) is 13.0 Å². The van der Waals surface area contributed by atoms with Gasteiger partial charge in [-0.25, -0.2) is 0 Å². The van der Waals surface area contributed by atoms with Crippen molar-refractivity contribution in [2.45, 2.75) is 58.0 Å². The highest BCUT2D eigenvalue weighted by Gasteiger charge is 2.20. The molecule has 3 N–H and O–H groups in total. The standard InChI is InChI=1S/C9H17N3.C2H6/c10-6-3-7-12-9-5-2-1-4-8(9)11;1-2/h8-9,12H,1-5,7,11H2;1-2H3. The van der Waals surface area contributed by atoms with Crippen LogP contribution in [0.4, 0.5) is 0 Å². The number of nitrogens with one attached hydrogen (secondary N) is 1. The largest absolute Gasteiger partial charge is 0.326 e. The number of nitriles is 1. The molecule has 2 unspecified atom stereocenters. The lowest BCUT2D eigenvalue weighted by atomic mass is 9.91. The van der Waals surface area contributed by atoms with E-state index in [0.29, 0.717) is 18.5 Å². The van der Waals surface area contributed by atoms with Crippen molar-refractivity contribution in [3.05, 3.63) is 0 Å². The molecule has 0 amide bonds. The van der Waals surface area contributed by atoms with E-state index in [4.69, 9.17) is 11.0 Å². The summed E-state index contributed by atoms with van der Waals surface area (Å²) in [5, 5.41) is 11.7. The lowest BCUT2D eigenvalue weighted by Crippen LogP contribution is -2.47. The molecule has 2 atom stereocenters. The van der Waals surface area contributed by atoms with Crippen LogP contribution in [0.15, 0.2) is 0 Å². The van der Waals surface area contributed by atoms with Gasteiger partial charge in [0.15, 0.2) is 0 Å². The molecule has 1 fully saturated rings. The highest BCUT2D eigenvalue weighted by molar-refractivity contribution is 4.84. The first-order chi connectivity index (χ1) is 6.84. The van der Waals surface area contributed by atoms with Crippen LogP contribution in [0.25, 0.3) is 0 Å². The Bertz CT molecular complexity index is 162. The van der Waals surface area contributed by atoms with E-state index in [-0.39, 0.29) is 0 Å². The van der Waals surface area contributed by atoms with Gasteiger partial charge in [0.05, 0.1) is 6.07 Å². The van der Waals surface area contributed by atoms with Gasteiger partial charge in [-0.05, 0) is 12.8 Å². The first-order valence-electron chi connectivity index (χ1n) is 5.70. The van der Waals surface area contributed by atoms with E-state index < -0.39 is 0 Å². The minimum atomic E-state index is 0.303. The van der Waals surface area contributed by atoms with Crippen molar-refractivity contribution in [2.75, 3.05) is 6.54 Å². The Labute approximate surface area is 87.7 Å². The van der Waals surface area contributed by atoms with Crippen LogP contribution in [0.2, 0.25) is 0 Å². The summed E-state index contributed by atoms with van der Waals surface area (Å²) in [6.07, 6.45) is 5.43. The molecule has 3 nitrogen and oxygen atoms in total. The van der Waals surface area contributed by atoms with Gasteiger partial charge in [0.25, 0.3) is 0 Å². The molecule has 0 heterocycles. The quantitative estimate of drug-likeness (QED) is 0.678. The first kappa shape index (κ1) is 13.4. The van der Waals surface area contributed by atoms with Crippen LogP contribution in [0.5, 0.6) is 0 Å². The lowest BCUT2D eigenvalue weighted by Gasteiger charge is -2.29. The zero-order valence-electron chi connectivity index (χ0n) is 9.42. The van der Waals surface area contributed by atoms with Crippen LogP contribution in [0.1, 0.15) is 46.0 Å². The average molecular weight is 197 g/mol. The van der Waals surface area contributed by atoms with E-state index >= 15 is 0 Å². The van der Waals surface area contributed by atoms with Crippen molar-refractivity contribution >= 4 is 0 Å². The zero-order chi connectivity index (χ0) is 10.8. The normalized spacial score (nSPS) is 25.9. The Kier molecular flexibility index (Phi) is 8.61. The number of nitrogens with zero attached hydrogens (tertiary/aromatic N) is 1. The molecule has 82 valence electrons. The number of nitrogens with two attached hydrogens (primary N) is 1. The molecule has 14 heavy (non-hydrogen) atoms. The summed E-state index contributed by atoms with van der Waals surface area (Å²) in [6.45, 7) is 4.79. The van der Waals surface area contributed by atoms with Gasteiger partial charge >= 0.3 is 0 Å². The number of rotatable bonds is 3.